The summed E-state index contributed by atoms with van der Waals surface area (Å²) < 4.78 is 14.4. The third kappa shape index (κ3) is 3.79. The Morgan fingerprint density at radius 1 is 1.11 bits per heavy atom. The maximum absolute atomic E-state index is 13.0. The smallest absolute Gasteiger partial charge is 0.256 e. The van der Waals surface area contributed by atoms with E-state index in [1.807, 2.05) is 22.6 Å². The minimum absolute atomic E-state index is 0.273. The quantitative estimate of drug-likeness (QED) is 0.581. The van der Waals surface area contributed by atoms with Crippen LogP contribution in [0, 0.1) is 13.0 Å². The summed E-state index contributed by atoms with van der Waals surface area (Å²) in [6.07, 6.45) is 0. The van der Waals surface area contributed by atoms with Crippen LogP contribution in [-0.2, 0) is 0 Å². The highest BCUT2D eigenvalue weighted by Gasteiger charge is 2.12. The average molecular weight is 501 g/mol. The van der Waals surface area contributed by atoms with Crippen molar-refractivity contribution in [2.24, 2.45) is 0 Å². The molecule has 0 unspecified atom stereocenters. The molecule has 0 radical (unpaired) electrons. The minimum atomic E-state index is -0.359. The van der Waals surface area contributed by atoms with Gasteiger partial charge in [-0.15, -0.1) is 0 Å². The number of hydrogen-bond acceptors (Lipinski definition) is 1. The van der Waals surface area contributed by atoms with Crippen LogP contribution in [0.15, 0.2) is 36.4 Å². The van der Waals surface area contributed by atoms with Crippen LogP contribution in [0.25, 0.3) is 0 Å². The molecular weight excluding hydrogens is 494 g/mol. The summed E-state index contributed by atoms with van der Waals surface area (Å²) in [6.45, 7) is 0. The molecule has 0 atom stereocenters. The van der Waals surface area contributed by atoms with Gasteiger partial charge in [0.2, 0.25) is 0 Å². The Bertz CT molecular complexity index is 649. The predicted molar refractivity (Wildman–Crippen MR) is 91.2 cm³/mol. The van der Waals surface area contributed by atoms with Gasteiger partial charge in [-0.25, -0.2) is 4.39 Å². The van der Waals surface area contributed by atoms with Crippen LogP contribution in [-0.4, -0.2) is 5.91 Å². The van der Waals surface area contributed by atoms with E-state index in [9.17, 15) is 9.18 Å². The van der Waals surface area contributed by atoms with Crippen molar-refractivity contribution in [2.75, 3.05) is 5.32 Å². The third-order valence-corrected chi connectivity index (χ3v) is 4.38. The van der Waals surface area contributed by atoms with Gasteiger partial charge in [0, 0.05) is 12.2 Å². The van der Waals surface area contributed by atoms with Crippen LogP contribution in [0.5, 0.6) is 0 Å². The van der Waals surface area contributed by atoms with Crippen LogP contribution in [0.3, 0.4) is 0 Å². The average Bonchev–Trinajstić information content (AvgIpc) is 2.32. The zero-order valence-corrected chi connectivity index (χ0v) is 14.5. The van der Waals surface area contributed by atoms with Gasteiger partial charge in [0.05, 0.1) is 11.3 Å². The van der Waals surface area contributed by atoms with E-state index in [-0.39, 0.29) is 11.7 Å². The highest BCUT2D eigenvalue weighted by atomic mass is 127. The molecule has 2 rings (SSSR count). The maximum atomic E-state index is 13.0. The molecule has 0 saturated carbocycles. The first-order valence-corrected chi connectivity index (χ1v) is 7.72. The Morgan fingerprint density at radius 3 is 2.47 bits per heavy atom. The third-order valence-electron chi connectivity index (χ3n) is 2.36. The fourth-order valence-corrected chi connectivity index (χ4v) is 3.18. The normalized spacial score (nSPS) is 10.3. The lowest BCUT2D eigenvalue weighted by Crippen LogP contribution is -2.14. The minimum Gasteiger partial charge on any atom is -0.321 e. The molecule has 98 valence electrons. The number of amides is 1. The van der Waals surface area contributed by atoms with Gasteiger partial charge in [-0.05, 0) is 81.6 Å². The summed E-state index contributed by atoms with van der Waals surface area (Å²) in [4.78, 5) is 12.1. The Morgan fingerprint density at radius 2 is 1.84 bits per heavy atom. The van der Waals surface area contributed by atoms with E-state index in [1.54, 1.807) is 18.2 Å². The van der Waals surface area contributed by atoms with E-state index in [2.05, 4.69) is 27.9 Å². The number of hydrogen-bond donors (Lipinski definition) is 1. The largest absolute Gasteiger partial charge is 0.321 e. The van der Waals surface area contributed by atoms with Crippen LogP contribution in [0.1, 0.15) is 10.4 Å². The lowest BCUT2D eigenvalue weighted by Gasteiger charge is -2.09. The fourth-order valence-electron chi connectivity index (χ4n) is 1.45. The summed E-state index contributed by atoms with van der Waals surface area (Å²) >= 11 is 9.88. The van der Waals surface area contributed by atoms with Crippen molar-refractivity contribution in [3.8, 4) is 0 Å². The van der Waals surface area contributed by atoms with E-state index in [0.29, 0.717) is 19.8 Å². The molecule has 2 aromatic rings. The van der Waals surface area contributed by atoms with Crippen molar-refractivity contribution in [2.45, 2.75) is 0 Å². The summed E-state index contributed by atoms with van der Waals surface area (Å²) in [6, 6.07) is 9.25. The van der Waals surface area contributed by atoms with Crippen molar-refractivity contribution >= 4 is 68.4 Å². The molecule has 6 heteroatoms. The highest BCUT2D eigenvalue weighted by molar-refractivity contribution is 14.1. The second-order valence-corrected chi connectivity index (χ2v) is 6.46. The second kappa shape index (κ2) is 6.36. The second-order valence-electron chi connectivity index (χ2n) is 3.70. The number of nitrogens with one attached hydrogen (secondary N) is 1. The van der Waals surface area contributed by atoms with Gasteiger partial charge in [-0.3, -0.25) is 4.79 Å². The van der Waals surface area contributed by atoms with E-state index < -0.39 is 0 Å². The summed E-state index contributed by atoms with van der Waals surface area (Å²) in [5, 5.41) is 3.39. The molecule has 0 heterocycles. The molecule has 0 spiro atoms. The van der Waals surface area contributed by atoms with Crippen molar-refractivity contribution in [1.82, 2.24) is 0 Å². The predicted octanol–water partition coefficient (Wildman–Crippen LogP) is 4.94. The van der Waals surface area contributed by atoms with Gasteiger partial charge in [0.25, 0.3) is 5.91 Å². The zero-order valence-electron chi connectivity index (χ0n) is 9.38. The first kappa shape index (κ1) is 15.0. The maximum Gasteiger partial charge on any atom is 0.256 e. The molecule has 0 bridgehead atoms. The Balaban J connectivity index is 2.25. The lowest BCUT2D eigenvalue weighted by atomic mass is 10.2. The van der Waals surface area contributed by atoms with Crippen molar-refractivity contribution < 1.29 is 9.18 Å². The van der Waals surface area contributed by atoms with Gasteiger partial charge in [0.1, 0.15) is 5.82 Å². The Labute approximate surface area is 142 Å². The Kier molecular flexibility index (Phi) is 5.02. The highest BCUT2D eigenvalue weighted by Crippen LogP contribution is 2.23. The lowest BCUT2D eigenvalue weighted by molar-refractivity contribution is 0.102. The number of carbonyl (C=O) groups is 1. The van der Waals surface area contributed by atoms with Gasteiger partial charge in [0.15, 0.2) is 0 Å². The molecule has 2 nitrogen and oxygen atoms in total. The number of rotatable bonds is 2. The van der Waals surface area contributed by atoms with Crippen LogP contribution in [0.2, 0.25) is 5.02 Å². The summed E-state index contributed by atoms with van der Waals surface area (Å²) in [5.41, 5.74) is 1.11. The van der Waals surface area contributed by atoms with Crippen LogP contribution >= 0.6 is 56.8 Å². The van der Waals surface area contributed by atoms with Gasteiger partial charge < -0.3 is 5.32 Å². The first-order chi connectivity index (χ1) is 8.97. The van der Waals surface area contributed by atoms with E-state index in [4.69, 9.17) is 11.6 Å². The number of anilines is 1. The SMILES string of the molecule is O=C(Nc1ccc(Cl)cc1I)c1ccc(F)cc1I. The van der Waals surface area contributed by atoms with E-state index in [1.165, 1.54) is 18.2 Å². The fraction of sp³-hybridized carbons (Fsp3) is 0. The molecule has 0 aliphatic heterocycles. The van der Waals surface area contributed by atoms with Crippen molar-refractivity contribution in [3.05, 3.63) is 59.9 Å². The standard InChI is InChI=1S/C13H7ClFI2NO/c14-7-1-4-12(11(17)5-7)18-13(19)9-3-2-8(15)6-10(9)16/h1-6H,(H,18,19). The molecule has 1 N–H and O–H groups in total. The molecule has 0 aromatic heterocycles. The number of halogens is 4. The van der Waals surface area contributed by atoms with E-state index >= 15 is 0 Å². The molecule has 2 aromatic carbocycles. The molecule has 19 heavy (non-hydrogen) atoms. The molecule has 0 saturated heterocycles. The Hall–Kier alpha value is -0.410. The van der Waals surface area contributed by atoms with Crippen LogP contribution in [0.4, 0.5) is 10.1 Å². The van der Waals surface area contributed by atoms with E-state index in [0.717, 1.165) is 3.57 Å². The molecule has 0 aliphatic rings. The summed E-state index contributed by atoms with van der Waals surface area (Å²) in [5.74, 6) is -0.633. The van der Waals surface area contributed by atoms with Crippen molar-refractivity contribution in [3.63, 3.8) is 0 Å². The van der Waals surface area contributed by atoms with Gasteiger partial charge >= 0.3 is 0 Å². The van der Waals surface area contributed by atoms with Gasteiger partial charge in [-0.2, -0.15) is 0 Å². The monoisotopic (exact) mass is 501 g/mol. The molecule has 0 fully saturated rings. The topological polar surface area (TPSA) is 29.1 Å². The summed E-state index contributed by atoms with van der Waals surface area (Å²) in [7, 11) is 0. The first-order valence-electron chi connectivity index (χ1n) is 5.19. The molecule has 1 amide bonds. The molecular formula is C13H7ClFI2NO. The van der Waals surface area contributed by atoms with Crippen molar-refractivity contribution in [1.29, 1.82) is 0 Å². The van der Waals surface area contributed by atoms with Gasteiger partial charge in [-0.1, -0.05) is 11.6 Å². The number of carbonyl (C=O) groups excluding carboxylic acids is 1. The molecule has 0 aliphatic carbocycles. The zero-order chi connectivity index (χ0) is 14.0. The number of benzene rings is 2. The van der Waals surface area contributed by atoms with Crippen LogP contribution < -0.4 is 5.32 Å².